The van der Waals surface area contributed by atoms with Gasteiger partial charge in [-0.15, -0.1) is 0 Å². The van der Waals surface area contributed by atoms with E-state index >= 15 is 0 Å². The summed E-state index contributed by atoms with van der Waals surface area (Å²) in [6, 6.07) is 20.2. The molecule has 2 aromatic carbocycles. The Morgan fingerprint density at radius 3 is 2.24 bits per heavy atom. The van der Waals surface area contributed by atoms with Crippen LogP contribution in [0.1, 0.15) is 33.1 Å². The summed E-state index contributed by atoms with van der Waals surface area (Å²) in [7, 11) is 0. The van der Waals surface area contributed by atoms with Crippen molar-refractivity contribution in [3.63, 3.8) is 0 Å². The largest absolute Gasteiger partial charge is 0.460 e. The number of ether oxygens (including phenoxy) is 1. The monoisotopic (exact) mass is 481 g/mol. The number of hydrogen-bond acceptors (Lipinski definition) is 5. The zero-order chi connectivity index (χ0) is 24.4. The first kappa shape index (κ1) is 25.7. The molecule has 0 saturated heterocycles. The van der Waals surface area contributed by atoms with Crippen molar-refractivity contribution in [2.24, 2.45) is 5.41 Å². The topological polar surface area (TPSA) is 91.3 Å². The molecule has 0 radical (unpaired) electrons. The van der Waals surface area contributed by atoms with Gasteiger partial charge in [-0.25, -0.2) is 4.98 Å². The highest BCUT2D eigenvalue weighted by molar-refractivity contribution is 6.32. The maximum absolute atomic E-state index is 9.59. The van der Waals surface area contributed by atoms with E-state index in [2.05, 4.69) is 39.2 Å². The predicted molar refractivity (Wildman–Crippen MR) is 136 cm³/mol. The predicted octanol–water partition coefficient (Wildman–Crippen LogP) is 5.85. The Hall–Kier alpha value is -2.93. The van der Waals surface area contributed by atoms with Gasteiger partial charge in [0.25, 0.3) is 0 Å². The standard InChI is InChI=1S/C25H26ClN3O3.C2H6/c26-22-10-12-27-24(32-21-14-25(15-21,16-31)11-13-30)29-17-28-23(22)20-8-6-19(7-9-20)18-4-2-1-3-5-18;1-2/h1-10,12,17,21,30-31H,11,13-16H2,(H,27,28,29);1-2H3. The molecule has 3 aromatic rings. The van der Waals surface area contributed by atoms with Crippen LogP contribution in [0.3, 0.4) is 0 Å². The molecule has 0 aliphatic heterocycles. The van der Waals surface area contributed by atoms with E-state index in [0.717, 1.165) is 16.7 Å². The fourth-order valence-corrected chi connectivity index (χ4v) is 4.25. The minimum atomic E-state index is -0.264. The summed E-state index contributed by atoms with van der Waals surface area (Å²) in [6.07, 6.45) is 4.87. The lowest BCUT2D eigenvalue weighted by atomic mass is 9.65. The highest BCUT2D eigenvalue weighted by Gasteiger charge is 2.45. The van der Waals surface area contributed by atoms with E-state index in [1.54, 1.807) is 12.3 Å². The van der Waals surface area contributed by atoms with Gasteiger partial charge in [-0.1, -0.05) is 80.0 Å². The number of H-pyrrole nitrogens is 1. The number of rotatable bonds is 7. The number of hydrogen-bond donors (Lipinski definition) is 3. The molecule has 0 amide bonds. The molecule has 7 heteroatoms. The molecule has 34 heavy (non-hydrogen) atoms. The first-order valence-corrected chi connectivity index (χ1v) is 12.0. The molecule has 1 aromatic heterocycles. The Morgan fingerprint density at radius 2 is 1.59 bits per heavy atom. The van der Waals surface area contributed by atoms with Crippen LogP contribution in [-0.2, 0) is 0 Å². The molecule has 1 aliphatic rings. The number of nitrogens with one attached hydrogen (secondary N) is 1. The molecule has 1 saturated carbocycles. The maximum atomic E-state index is 9.59. The number of nitrogens with zero attached hydrogens (tertiary/aromatic N) is 2. The van der Waals surface area contributed by atoms with Gasteiger partial charge in [-0.05, 0) is 42.0 Å². The van der Waals surface area contributed by atoms with Crippen LogP contribution in [0.15, 0.2) is 73.2 Å². The van der Waals surface area contributed by atoms with Gasteiger partial charge in [0.2, 0.25) is 0 Å². The summed E-state index contributed by atoms with van der Waals surface area (Å²) in [4.78, 5) is 11.7. The quantitative estimate of drug-likeness (QED) is 0.394. The number of halogens is 1. The average molecular weight is 482 g/mol. The number of benzene rings is 2. The number of aliphatic hydroxyl groups excluding tert-OH is 2. The fourth-order valence-electron chi connectivity index (χ4n) is 4.03. The second kappa shape index (κ2) is 12.5. The lowest BCUT2D eigenvalue weighted by Crippen LogP contribution is -2.47. The summed E-state index contributed by atoms with van der Waals surface area (Å²) in [5.41, 5.74) is 3.65. The van der Waals surface area contributed by atoms with Crippen LogP contribution in [-0.4, -0.2) is 44.5 Å². The zero-order valence-electron chi connectivity index (χ0n) is 19.6. The third-order valence-electron chi connectivity index (χ3n) is 5.88. The van der Waals surface area contributed by atoms with E-state index in [0.29, 0.717) is 30.0 Å². The van der Waals surface area contributed by atoms with Crippen LogP contribution in [0.2, 0.25) is 5.02 Å². The van der Waals surface area contributed by atoms with Gasteiger partial charge in [-0.3, -0.25) is 0 Å². The molecule has 4 rings (SSSR count). The first-order valence-electron chi connectivity index (χ1n) is 11.6. The Labute approximate surface area is 206 Å². The van der Waals surface area contributed by atoms with Crippen LogP contribution >= 0.6 is 11.6 Å². The molecule has 180 valence electrons. The van der Waals surface area contributed by atoms with Crippen molar-refractivity contribution in [2.75, 3.05) is 13.2 Å². The third-order valence-corrected chi connectivity index (χ3v) is 6.20. The highest BCUT2D eigenvalue weighted by atomic mass is 35.5. The van der Waals surface area contributed by atoms with Crippen molar-refractivity contribution in [1.29, 1.82) is 0 Å². The Bertz CT molecular complexity index is 1080. The van der Waals surface area contributed by atoms with Crippen LogP contribution < -0.4 is 4.74 Å². The lowest BCUT2D eigenvalue weighted by molar-refractivity contribution is -0.0663. The van der Waals surface area contributed by atoms with E-state index in [4.69, 9.17) is 16.3 Å². The highest BCUT2D eigenvalue weighted by Crippen LogP contribution is 2.44. The Balaban J connectivity index is 0.00000158. The van der Waals surface area contributed by atoms with Gasteiger partial charge in [0.1, 0.15) is 6.10 Å². The molecule has 3 N–H and O–H groups in total. The Kier molecular flexibility index (Phi) is 9.45. The molecule has 1 heterocycles. The third kappa shape index (κ3) is 6.35. The molecular weight excluding hydrogens is 450 g/mol. The minimum Gasteiger partial charge on any atom is -0.460 e. The van der Waals surface area contributed by atoms with Gasteiger partial charge in [-0.2, -0.15) is 4.98 Å². The first-order chi connectivity index (χ1) is 16.6. The average Bonchev–Trinajstić information content (AvgIpc) is 2.95. The minimum absolute atomic E-state index is 0.0383. The van der Waals surface area contributed by atoms with Crippen LogP contribution in [0, 0.1) is 5.41 Å². The number of aliphatic hydroxyl groups is 2. The van der Waals surface area contributed by atoms with E-state index in [1.807, 2.05) is 44.2 Å². The molecule has 1 aliphatic carbocycles. The smallest absolute Gasteiger partial charge is 0.318 e. The van der Waals surface area contributed by atoms with E-state index in [1.165, 1.54) is 6.33 Å². The van der Waals surface area contributed by atoms with Crippen molar-refractivity contribution < 1.29 is 14.9 Å². The van der Waals surface area contributed by atoms with Crippen molar-refractivity contribution >= 4 is 11.6 Å². The van der Waals surface area contributed by atoms with Crippen molar-refractivity contribution in [3.8, 4) is 28.4 Å². The fraction of sp³-hybridized carbons (Fsp3) is 0.333. The lowest BCUT2D eigenvalue weighted by Gasteiger charge is -2.45. The Morgan fingerprint density at radius 1 is 0.941 bits per heavy atom. The van der Waals surface area contributed by atoms with Gasteiger partial charge in [0.05, 0.1) is 17.0 Å². The maximum Gasteiger partial charge on any atom is 0.318 e. The normalized spacial score (nSPS) is 18.7. The second-order valence-corrected chi connectivity index (χ2v) is 8.48. The SMILES string of the molecule is CC.OCCC1(CO)CC(Oc2nccc(Cl)c(-c3ccc(-c4ccccc4)cc3)[nH]cn2)C1. The molecule has 1 fully saturated rings. The summed E-state index contributed by atoms with van der Waals surface area (Å²) >= 11 is 6.51. The van der Waals surface area contributed by atoms with Crippen molar-refractivity contribution in [3.05, 3.63) is 78.2 Å². The number of aromatic amines is 1. The van der Waals surface area contributed by atoms with E-state index in [9.17, 15) is 10.2 Å². The summed E-state index contributed by atoms with van der Waals surface area (Å²) < 4.78 is 5.87. The molecule has 0 atom stereocenters. The van der Waals surface area contributed by atoms with E-state index < -0.39 is 0 Å². The zero-order valence-corrected chi connectivity index (χ0v) is 20.4. The van der Waals surface area contributed by atoms with Crippen LogP contribution in [0.25, 0.3) is 22.4 Å². The summed E-state index contributed by atoms with van der Waals surface area (Å²) in [6.45, 7) is 4.09. The summed E-state index contributed by atoms with van der Waals surface area (Å²) in [5, 5.41) is 19.3. The van der Waals surface area contributed by atoms with E-state index in [-0.39, 0.29) is 30.7 Å². The molecule has 6 nitrogen and oxygen atoms in total. The van der Waals surface area contributed by atoms with Crippen LogP contribution in [0.4, 0.5) is 0 Å². The van der Waals surface area contributed by atoms with Gasteiger partial charge in [0.15, 0.2) is 0 Å². The van der Waals surface area contributed by atoms with Crippen molar-refractivity contribution in [1.82, 2.24) is 15.0 Å². The van der Waals surface area contributed by atoms with Crippen molar-refractivity contribution in [2.45, 2.75) is 39.2 Å². The van der Waals surface area contributed by atoms with Gasteiger partial charge < -0.3 is 19.9 Å². The molecular formula is C27H32ClN3O3. The second-order valence-electron chi connectivity index (χ2n) is 8.08. The number of aromatic nitrogens is 3. The van der Waals surface area contributed by atoms with Crippen LogP contribution in [0.5, 0.6) is 6.01 Å². The van der Waals surface area contributed by atoms with Gasteiger partial charge in [0, 0.05) is 24.8 Å². The summed E-state index contributed by atoms with van der Waals surface area (Å²) in [5.74, 6) is 0. The van der Waals surface area contributed by atoms with Gasteiger partial charge >= 0.3 is 6.01 Å². The molecule has 0 bridgehead atoms. The molecule has 0 spiro atoms. The molecule has 0 unspecified atom stereocenters.